The summed E-state index contributed by atoms with van der Waals surface area (Å²) in [6.45, 7) is 0. The van der Waals surface area contributed by atoms with Crippen LogP contribution in [0, 0.1) is 0 Å². The second-order valence-corrected chi connectivity index (χ2v) is 6.94. The minimum atomic E-state index is -4.50. The van der Waals surface area contributed by atoms with Crippen molar-refractivity contribution in [1.82, 2.24) is 5.43 Å². The number of halogens is 3. The maximum Gasteiger partial charge on any atom is 0.416 e. The van der Waals surface area contributed by atoms with Crippen molar-refractivity contribution in [2.45, 2.75) is 6.18 Å². The van der Waals surface area contributed by atoms with Crippen LogP contribution in [0.15, 0.2) is 71.8 Å². The van der Waals surface area contributed by atoms with E-state index in [1.54, 1.807) is 18.2 Å². The molecular weight excluding hydrogens is 443 g/mol. The number of anilines is 1. The fourth-order valence-electron chi connectivity index (χ4n) is 2.81. The van der Waals surface area contributed by atoms with Crippen LogP contribution < -0.4 is 10.7 Å². The van der Waals surface area contributed by atoms with Gasteiger partial charge >= 0.3 is 12.1 Å². The summed E-state index contributed by atoms with van der Waals surface area (Å²) in [7, 11) is 0. The van der Waals surface area contributed by atoms with Crippen molar-refractivity contribution in [1.29, 1.82) is 0 Å². The molecule has 0 spiro atoms. The van der Waals surface area contributed by atoms with E-state index in [4.69, 9.17) is 17.3 Å². The van der Waals surface area contributed by atoms with Gasteiger partial charge in [0.2, 0.25) is 0 Å². The molecule has 32 heavy (non-hydrogen) atoms. The molecule has 3 rings (SSSR count). The molecule has 0 unspecified atom stereocenters. The van der Waals surface area contributed by atoms with Gasteiger partial charge in [-0.2, -0.15) is 18.3 Å². The molecule has 0 aromatic heterocycles. The first-order valence-electron chi connectivity index (χ1n) is 9.08. The largest absolute Gasteiger partial charge is 0.507 e. The molecule has 0 amide bonds. The van der Waals surface area contributed by atoms with E-state index in [1.807, 2.05) is 0 Å². The molecule has 6 nitrogen and oxygen atoms in total. The third-order valence-corrected chi connectivity index (χ3v) is 4.50. The normalized spacial score (nSPS) is 11.3. The van der Waals surface area contributed by atoms with Crippen molar-refractivity contribution in [3.8, 4) is 16.9 Å². The number of phenolic OH excluding ortho intramolecular Hbond substituents is 1. The van der Waals surface area contributed by atoms with Gasteiger partial charge in [0.25, 0.3) is 0 Å². The standard InChI is InChI=1S/C22H16F3N3O3S/c23-22(24,25)16-7-1-4-13(10-16)18-9-3-6-15(19(18)29)12-26-28-21(32)27-17-8-2-5-14(11-17)20(30)31/h1-12,29H,(H,30,31)(H2,27,28,32)/b26-12+. The Morgan fingerprint density at radius 2 is 1.75 bits per heavy atom. The third-order valence-electron chi connectivity index (χ3n) is 4.31. The zero-order valence-corrected chi connectivity index (χ0v) is 17.0. The van der Waals surface area contributed by atoms with Gasteiger partial charge in [-0.1, -0.05) is 30.3 Å². The summed E-state index contributed by atoms with van der Waals surface area (Å²) in [4.78, 5) is 11.0. The molecule has 10 heteroatoms. The SMILES string of the molecule is O=C(O)c1cccc(NC(=S)N/N=C/c2cccc(-c3cccc(C(F)(F)F)c3)c2O)c1. The zero-order valence-electron chi connectivity index (χ0n) is 16.2. The average Bonchev–Trinajstić information content (AvgIpc) is 2.74. The number of rotatable bonds is 5. The molecule has 0 saturated carbocycles. The number of hydrazone groups is 1. The predicted octanol–water partition coefficient (Wildman–Crippen LogP) is 5.10. The Bertz CT molecular complexity index is 1200. The molecule has 0 aliphatic carbocycles. The number of phenols is 1. The molecule has 0 aliphatic heterocycles. The van der Waals surface area contributed by atoms with Crippen molar-refractivity contribution in [3.63, 3.8) is 0 Å². The number of hydrogen-bond donors (Lipinski definition) is 4. The van der Waals surface area contributed by atoms with Gasteiger partial charge in [-0.25, -0.2) is 4.79 Å². The van der Waals surface area contributed by atoms with Crippen molar-refractivity contribution in [3.05, 3.63) is 83.4 Å². The Labute approximate surface area is 186 Å². The number of nitrogens with one attached hydrogen (secondary N) is 2. The summed E-state index contributed by atoms with van der Waals surface area (Å²) < 4.78 is 39.0. The Kier molecular flexibility index (Phi) is 6.74. The summed E-state index contributed by atoms with van der Waals surface area (Å²) >= 11 is 5.09. The van der Waals surface area contributed by atoms with Crippen LogP contribution in [0.5, 0.6) is 5.75 Å². The van der Waals surface area contributed by atoms with E-state index >= 15 is 0 Å². The van der Waals surface area contributed by atoms with Crippen LogP contribution in [0.2, 0.25) is 0 Å². The van der Waals surface area contributed by atoms with Crippen LogP contribution in [0.4, 0.5) is 18.9 Å². The fourth-order valence-corrected chi connectivity index (χ4v) is 2.98. The molecule has 0 heterocycles. The van der Waals surface area contributed by atoms with Crippen LogP contribution in [0.1, 0.15) is 21.5 Å². The van der Waals surface area contributed by atoms with Gasteiger partial charge in [0.15, 0.2) is 5.11 Å². The van der Waals surface area contributed by atoms with Crippen molar-refractivity contribution < 1.29 is 28.2 Å². The first kappa shape index (κ1) is 22.8. The molecule has 4 N–H and O–H groups in total. The Morgan fingerprint density at radius 1 is 1.03 bits per heavy atom. The van der Waals surface area contributed by atoms with E-state index in [-0.39, 0.29) is 33.1 Å². The van der Waals surface area contributed by atoms with E-state index in [0.29, 0.717) is 5.69 Å². The predicted molar refractivity (Wildman–Crippen MR) is 119 cm³/mol. The van der Waals surface area contributed by atoms with Gasteiger partial charge in [0, 0.05) is 16.8 Å². The third kappa shape index (κ3) is 5.61. The molecule has 164 valence electrons. The monoisotopic (exact) mass is 459 g/mol. The van der Waals surface area contributed by atoms with E-state index < -0.39 is 17.7 Å². The lowest BCUT2D eigenvalue weighted by atomic mass is 10.00. The van der Waals surface area contributed by atoms with Crippen molar-refractivity contribution in [2.24, 2.45) is 5.10 Å². The minimum Gasteiger partial charge on any atom is -0.507 e. The summed E-state index contributed by atoms with van der Waals surface area (Å²) in [5.41, 5.74) is 2.90. The lowest BCUT2D eigenvalue weighted by Gasteiger charge is -2.11. The molecule has 0 bridgehead atoms. The molecule has 3 aromatic rings. The average molecular weight is 459 g/mol. The maximum atomic E-state index is 13.0. The fraction of sp³-hybridized carbons (Fsp3) is 0.0455. The number of thiocarbonyl (C=S) groups is 1. The molecule has 0 saturated heterocycles. The number of aromatic hydroxyl groups is 1. The highest BCUT2D eigenvalue weighted by atomic mass is 32.1. The van der Waals surface area contributed by atoms with Crippen LogP contribution in [-0.2, 0) is 6.18 Å². The lowest BCUT2D eigenvalue weighted by molar-refractivity contribution is -0.137. The summed E-state index contributed by atoms with van der Waals surface area (Å²) in [6, 6.07) is 15.2. The minimum absolute atomic E-state index is 0.0670. The van der Waals surface area contributed by atoms with Crippen LogP contribution in [-0.4, -0.2) is 27.5 Å². The molecule has 3 aromatic carbocycles. The van der Waals surface area contributed by atoms with E-state index in [0.717, 1.165) is 12.1 Å². The first-order chi connectivity index (χ1) is 15.1. The number of benzene rings is 3. The van der Waals surface area contributed by atoms with E-state index in [9.17, 15) is 23.1 Å². The van der Waals surface area contributed by atoms with Crippen LogP contribution in [0.3, 0.4) is 0 Å². The second kappa shape index (κ2) is 9.48. The molecule has 0 radical (unpaired) electrons. The number of hydrogen-bond acceptors (Lipinski definition) is 4. The van der Waals surface area contributed by atoms with Crippen LogP contribution >= 0.6 is 12.2 Å². The topological polar surface area (TPSA) is 94.0 Å². The number of para-hydroxylation sites is 1. The van der Waals surface area contributed by atoms with E-state index in [2.05, 4.69) is 15.8 Å². The van der Waals surface area contributed by atoms with E-state index in [1.165, 1.54) is 42.6 Å². The number of alkyl halides is 3. The van der Waals surface area contributed by atoms with Gasteiger partial charge in [-0.05, 0) is 54.2 Å². The van der Waals surface area contributed by atoms with Crippen molar-refractivity contribution in [2.75, 3.05) is 5.32 Å². The summed E-state index contributed by atoms with van der Waals surface area (Å²) in [5.74, 6) is -1.33. The first-order valence-corrected chi connectivity index (χ1v) is 9.49. The summed E-state index contributed by atoms with van der Waals surface area (Å²) in [5, 5.41) is 26.3. The van der Waals surface area contributed by atoms with Gasteiger partial charge in [-0.3, -0.25) is 5.43 Å². The van der Waals surface area contributed by atoms with Crippen LogP contribution in [0.25, 0.3) is 11.1 Å². The van der Waals surface area contributed by atoms with Gasteiger partial charge in [0.1, 0.15) is 5.75 Å². The van der Waals surface area contributed by atoms with Gasteiger partial charge < -0.3 is 15.5 Å². The maximum absolute atomic E-state index is 13.0. The second-order valence-electron chi connectivity index (χ2n) is 6.53. The number of carbonyl (C=O) groups is 1. The highest BCUT2D eigenvalue weighted by Gasteiger charge is 2.30. The Balaban J connectivity index is 1.73. The Morgan fingerprint density at radius 3 is 2.47 bits per heavy atom. The molecule has 0 atom stereocenters. The highest BCUT2D eigenvalue weighted by Crippen LogP contribution is 2.36. The molecule has 0 aliphatic rings. The van der Waals surface area contributed by atoms with Gasteiger partial charge in [0.05, 0.1) is 17.3 Å². The highest BCUT2D eigenvalue weighted by molar-refractivity contribution is 7.80. The number of carboxylic acids is 1. The van der Waals surface area contributed by atoms with Crippen molar-refractivity contribution >= 4 is 35.2 Å². The molecular formula is C22H16F3N3O3S. The summed E-state index contributed by atoms with van der Waals surface area (Å²) in [6.07, 6.45) is -3.24. The molecule has 0 fully saturated rings. The van der Waals surface area contributed by atoms with Gasteiger partial charge in [-0.15, -0.1) is 0 Å². The Hall–Kier alpha value is -3.92. The lowest BCUT2D eigenvalue weighted by Crippen LogP contribution is -2.24. The number of carboxylic acid groups (broad SMARTS) is 1. The zero-order chi connectivity index (χ0) is 23.3. The number of nitrogens with zero attached hydrogens (tertiary/aromatic N) is 1. The smallest absolute Gasteiger partial charge is 0.416 e. The quantitative estimate of drug-likeness (QED) is 0.241. The number of aromatic carboxylic acids is 1.